The van der Waals surface area contributed by atoms with Gasteiger partial charge >= 0.3 is 0 Å². The number of rotatable bonds is 5. The van der Waals surface area contributed by atoms with Crippen LogP contribution in [0.4, 0.5) is 0 Å². The smallest absolute Gasteiger partial charge is 0.0542 e. The van der Waals surface area contributed by atoms with E-state index >= 15 is 0 Å². The van der Waals surface area contributed by atoms with E-state index in [1.54, 1.807) is 0 Å². The van der Waals surface area contributed by atoms with Crippen LogP contribution < -0.4 is 5.73 Å². The molecule has 62 valence electrons. The van der Waals surface area contributed by atoms with Gasteiger partial charge in [-0.1, -0.05) is 20.3 Å². The predicted molar refractivity (Wildman–Crippen MR) is 45.8 cm³/mol. The third kappa shape index (κ3) is 3.85. The van der Waals surface area contributed by atoms with Crippen molar-refractivity contribution in [2.75, 3.05) is 13.1 Å². The lowest BCUT2D eigenvalue weighted by Gasteiger charge is -2.23. The Morgan fingerprint density at radius 1 is 1.40 bits per heavy atom. The molecule has 0 aromatic heterocycles. The third-order valence-corrected chi connectivity index (χ3v) is 1.78. The first-order chi connectivity index (χ1) is 4.72. The molecule has 0 saturated heterocycles. The largest absolute Gasteiger partial charge is 0.316 e. The first-order valence-corrected chi connectivity index (χ1v) is 4.22. The summed E-state index contributed by atoms with van der Waals surface area (Å²) in [6, 6.07) is 0. The number of unbranched alkanes of at least 4 members (excludes halogenated alkanes) is 1. The van der Waals surface area contributed by atoms with Crippen LogP contribution in [0.1, 0.15) is 33.6 Å². The maximum absolute atomic E-state index is 5.71. The zero-order chi connectivity index (χ0) is 7.98. The molecule has 0 aromatic rings. The van der Waals surface area contributed by atoms with Crippen molar-refractivity contribution >= 4 is 0 Å². The van der Waals surface area contributed by atoms with Crippen molar-refractivity contribution in [3.8, 4) is 0 Å². The summed E-state index contributed by atoms with van der Waals surface area (Å²) < 4.78 is 0. The average Bonchev–Trinajstić information content (AvgIpc) is 1.89. The Balaban J connectivity index is 3.40. The van der Waals surface area contributed by atoms with Crippen LogP contribution >= 0.6 is 0 Å². The Labute approximate surface area is 64.4 Å². The molecule has 0 rings (SSSR count). The second-order valence-electron chi connectivity index (χ2n) is 2.72. The van der Waals surface area contributed by atoms with Gasteiger partial charge in [-0.25, -0.2) is 0 Å². The fourth-order valence-electron chi connectivity index (χ4n) is 1.01. The molecular formula is C8H20N2. The normalized spacial score (nSPS) is 14.1. The van der Waals surface area contributed by atoms with Crippen LogP contribution in [0.25, 0.3) is 0 Å². The van der Waals surface area contributed by atoms with E-state index in [1.807, 2.05) is 6.92 Å². The monoisotopic (exact) mass is 144 g/mol. The lowest BCUT2D eigenvalue weighted by Crippen LogP contribution is -2.39. The molecule has 0 bridgehead atoms. The number of nitrogens with two attached hydrogens (primary N) is 1. The summed E-state index contributed by atoms with van der Waals surface area (Å²) in [6.45, 7) is 8.61. The van der Waals surface area contributed by atoms with Gasteiger partial charge in [-0.15, -0.1) is 0 Å². The van der Waals surface area contributed by atoms with Gasteiger partial charge in [0.15, 0.2) is 0 Å². The fourth-order valence-corrected chi connectivity index (χ4v) is 1.01. The lowest BCUT2D eigenvalue weighted by molar-refractivity contribution is 0.221. The minimum Gasteiger partial charge on any atom is -0.316 e. The van der Waals surface area contributed by atoms with Gasteiger partial charge in [0.05, 0.1) is 6.17 Å². The van der Waals surface area contributed by atoms with Gasteiger partial charge in [0.25, 0.3) is 0 Å². The Bertz CT molecular complexity index is 71.7. The molecule has 0 radical (unpaired) electrons. The second-order valence-corrected chi connectivity index (χ2v) is 2.72. The molecular weight excluding hydrogens is 124 g/mol. The number of hydrogen-bond donors (Lipinski definition) is 1. The van der Waals surface area contributed by atoms with Crippen LogP contribution in [0.2, 0.25) is 0 Å². The molecule has 0 aliphatic heterocycles. The molecule has 0 saturated carbocycles. The van der Waals surface area contributed by atoms with E-state index < -0.39 is 0 Å². The molecule has 2 N–H and O–H groups in total. The summed E-state index contributed by atoms with van der Waals surface area (Å²) in [5.41, 5.74) is 5.71. The highest BCUT2D eigenvalue weighted by atomic mass is 15.2. The maximum Gasteiger partial charge on any atom is 0.0542 e. The Morgan fingerprint density at radius 3 is 2.30 bits per heavy atom. The van der Waals surface area contributed by atoms with Gasteiger partial charge < -0.3 is 5.73 Å². The topological polar surface area (TPSA) is 29.3 Å². The van der Waals surface area contributed by atoms with Crippen LogP contribution in [-0.4, -0.2) is 24.2 Å². The highest BCUT2D eigenvalue weighted by molar-refractivity contribution is 4.57. The molecule has 0 spiro atoms. The SMILES string of the molecule is CCCCN(CC)C(C)N. The zero-order valence-electron chi connectivity index (χ0n) is 7.43. The van der Waals surface area contributed by atoms with Gasteiger partial charge in [-0.3, -0.25) is 4.90 Å². The van der Waals surface area contributed by atoms with E-state index in [-0.39, 0.29) is 6.17 Å². The molecule has 10 heavy (non-hydrogen) atoms. The van der Waals surface area contributed by atoms with Crippen molar-refractivity contribution in [2.24, 2.45) is 5.73 Å². The van der Waals surface area contributed by atoms with Crippen LogP contribution in [0.5, 0.6) is 0 Å². The predicted octanol–water partition coefficient (Wildman–Crippen LogP) is 1.41. The van der Waals surface area contributed by atoms with E-state index in [4.69, 9.17) is 5.73 Å². The van der Waals surface area contributed by atoms with Crippen molar-refractivity contribution < 1.29 is 0 Å². The molecule has 1 atom stereocenters. The van der Waals surface area contributed by atoms with E-state index in [9.17, 15) is 0 Å². The van der Waals surface area contributed by atoms with E-state index in [2.05, 4.69) is 18.7 Å². The summed E-state index contributed by atoms with van der Waals surface area (Å²) in [4.78, 5) is 2.28. The van der Waals surface area contributed by atoms with Gasteiger partial charge in [-0.05, 0) is 26.4 Å². The Hall–Kier alpha value is -0.0800. The van der Waals surface area contributed by atoms with Crippen LogP contribution in [-0.2, 0) is 0 Å². The van der Waals surface area contributed by atoms with Crippen molar-refractivity contribution in [1.82, 2.24) is 4.90 Å². The minimum atomic E-state index is 0.219. The highest BCUT2D eigenvalue weighted by Gasteiger charge is 2.04. The van der Waals surface area contributed by atoms with Gasteiger partial charge in [0, 0.05) is 0 Å². The van der Waals surface area contributed by atoms with Crippen LogP contribution in [0, 0.1) is 0 Å². The number of nitrogens with zero attached hydrogens (tertiary/aromatic N) is 1. The van der Waals surface area contributed by atoms with Crippen molar-refractivity contribution in [3.05, 3.63) is 0 Å². The average molecular weight is 144 g/mol. The lowest BCUT2D eigenvalue weighted by atomic mass is 10.3. The maximum atomic E-state index is 5.71. The molecule has 0 aliphatic rings. The standard InChI is InChI=1S/C8H20N2/c1-4-6-7-10(5-2)8(3)9/h8H,4-7,9H2,1-3H3. The van der Waals surface area contributed by atoms with Gasteiger partial charge in [0.1, 0.15) is 0 Å². The van der Waals surface area contributed by atoms with E-state index in [0.29, 0.717) is 0 Å². The van der Waals surface area contributed by atoms with Crippen molar-refractivity contribution in [3.63, 3.8) is 0 Å². The molecule has 1 unspecified atom stereocenters. The molecule has 0 aliphatic carbocycles. The fraction of sp³-hybridized carbons (Fsp3) is 1.00. The zero-order valence-corrected chi connectivity index (χ0v) is 7.43. The minimum absolute atomic E-state index is 0.219. The van der Waals surface area contributed by atoms with Gasteiger partial charge in [-0.2, -0.15) is 0 Å². The van der Waals surface area contributed by atoms with Gasteiger partial charge in [0.2, 0.25) is 0 Å². The van der Waals surface area contributed by atoms with Crippen LogP contribution in [0.3, 0.4) is 0 Å². The van der Waals surface area contributed by atoms with Crippen LogP contribution in [0.15, 0.2) is 0 Å². The first kappa shape index (κ1) is 9.92. The molecule has 0 fully saturated rings. The summed E-state index contributed by atoms with van der Waals surface area (Å²) >= 11 is 0. The summed E-state index contributed by atoms with van der Waals surface area (Å²) in [5.74, 6) is 0. The second kappa shape index (κ2) is 5.69. The third-order valence-electron chi connectivity index (χ3n) is 1.78. The van der Waals surface area contributed by atoms with Crippen molar-refractivity contribution in [1.29, 1.82) is 0 Å². The Morgan fingerprint density at radius 2 is 2.00 bits per heavy atom. The van der Waals surface area contributed by atoms with E-state index in [1.165, 1.54) is 12.8 Å². The first-order valence-electron chi connectivity index (χ1n) is 4.22. The van der Waals surface area contributed by atoms with Crippen molar-refractivity contribution in [2.45, 2.75) is 39.8 Å². The molecule has 0 heterocycles. The molecule has 2 heteroatoms. The highest BCUT2D eigenvalue weighted by Crippen LogP contribution is 1.96. The molecule has 2 nitrogen and oxygen atoms in total. The number of hydrogen-bond acceptors (Lipinski definition) is 2. The summed E-state index contributed by atoms with van der Waals surface area (Å²) in [5, 5.41) is 0. The summed E-state index contributed by atoms with van der Waals surface area (Å²) in [6.07, 6.45) is 2.73. The molecule has 0 amide bonds. The quantitative estimate of drug-likeness (QED) is 0.591. The summed E-state index contributed by atoms with van der Waals surface area (Å²) in [7, 11) is 0. The molecule has 0 aromatic carbocycles. The van der Waals surface area contributed by atoms with E-state index in [0.717, 1.165) is 13.1 Å². The Kier molecular flexibility index (Phi) is 5.64.